The molecule has 0 fully saturated rings. The number of aromatic nitrogens is 1. The maximum atomic E-state index is 11.7. The first-order valence-electron chi connectivity index (χ1n) is 5.13. The Morgan fingerprint density at radius 2 is 2.25 bits per heavy atom. The third-order valence-electron chi connectivity index (χ3n) is 1.97. The van der Waals surface area contributed by atoms with Gasteiger partial charge in [0.15, 0.2) is 0 Å². The van der Waals surface area contributed by atoms with Gasteiger partial charge in [-0.3, -0.25) is 9.19 Å². The van der Waals surface area contributed by atoms with E-state index in [0.717, 1.165) is 17.1 Å². The van der Waals surface area contributed by atoms with Crippen molar-refractivity contribution >= 4 is 10.8 Å². The lowest BCUT2D eigenvalue weighted by Crippen LogP contribution is -2.23. The highest BCUT2D eigenvalue weighted by Gasteiger charge is 2.07. The number of rotatable bonds is 5. The topological polar surface area (TPSA) is 65.2 Å². The van der Waals surface area contributed by atoms with Crippen LogP contribution in [-0.2, 0) is 16.6 Å². The molecule has 0 aliphatic heterocycles. The maximum Gasteiger partial charge on any atom is 0.122 e. The Kier molecular flexibility index (Phi) is 4.89. The quantitative estimate of drug-likeness (QED) is 0.836. The standard InChI is InChI=1S/C11H18N2O2S/c1-8(12)6-16(14)7-10-5-11(15-3)4-9(2)13-10/h4-5,8H,6-7,12H2,1-3H3. The van der Waals surface area contributed by atoms with Crippen LogP contribution in [0.25, 0.3) is 0 Å². The Morgan fingerprint density at radius 3 is 2.81 bits per heavy atom. The fourth-order valence-corrected chi connectivity index (χ4v) is 2.59. The summed E-state index contributed by atoms with van der Waals surface area (Å²) in [5.41, 5.74) is 7.25. The third kappa shape index (κ3) is 4.28. The fourth-order valence-electron chi connectivity index (χ4n) is 1.41. The molecule has 1 aromatic rings. The van der Waals surface area contributed by atoms with Crippen molar-refractivity contribution in [2.75, 3.05) is 12.9 Å². The highest BCUT2D eigenvalue weighted by molar-refractivity contribution is 7.84. The van der Waals surface area contributed by atoms with Gasteiger partial charge in [0.05, 0.1) is 18.6 Å². The molecule has 0 saturated heterocycles. The number of pyridine rings is 1. The van der Waals surface area contributed by atoms with Gasteiger partial charge in [-0.2, -0.15) is 0 Å². The van der Waals surface area contributed by atoms with Gasteiger partial charge in [-0.1, -0.05) is 0 Å². The Labute approximate surface area is 98.7 Å². The minimum absolute atomic E-state index is 0.0486. The molecule has 0 radical (unpaired) electrons. The first-order chi connectivity index (χ1) is 7.51. The Hall–Kier alpha value is -0.940. The molecule has 0 spiro atoms. The molecular weight excluding hydrogens is 224 g/mol. The highest BCUT2D eigenvalue weighted by atomic mass is 32.2. The van der Waals surface area contributed by atoms with Gasteiger partial charge in [0, 0.05) is 40.4 Å². The minimum atomic E-state index is -0.963. The van der Waals surface area contributed by atoms with E-state index < -0.39 is 10.8 Å². The van der Waals surface area contributed by atoms with E-state index >= 15 is 0 Å². The summed E-state index contributed by atoms with van der Waals surface area (Å²) in [5, 5.41) is 0. The van der Waals surface area contributed by atoms with Crippen LogP contribution in [0.5, 0.6) is 5.75 Å². The van der Waals surface area contributed by atoms with Crippen molar-refractivity contribution in [1.82, 2.24) is 4.98 Å². The normalized spacial score (nSPS) is 14.5. The number of methoxy groups -OCH3 is 1. The summed E-state index contributed by atoms with van der Waals surface area (Å²) >= 11 is 0. The summed E-state index contributed by atoms with van der Waals surface area (Å²) in [7, 11) is 0.646. The average Bonchev–Trinajstić information content (AvgIpc) is 2.14. The van der Waals surface area contributed by atoms with Gasteiger partial charge in [-0.25, -0.2) is 0 Å². The number of nitrogens with two attached hydrogens (primary N) is 1. The van der Waals surface area contributed by atoms with Crippen molar-refractivity contribution in [1.29, 1.82) is 0 Å². The maximum absolute atomic E-state index is 11.7. The lowest BCUT2D eigenvalue weighted by Gasteiger charge is -2.07. The van der Waals surface area contributed by atoms with E-state index in [1.807, 2.05) is 26.0 Å². The van der Waals surface area contributed by atoms with Gasteiger partial charge in [0.1, 0.15) is 5.75 Å². The molecule has 90 valence electrons. The van der Waals surface area contributed by atoms with Crippen molar-refractivity contribution in [2.45, 2.75) is 25.6 Å². The van der Waals surface area contributed by atoms with Crippen LogP contribution in [0.4, 0.5) is 0 Å². The van der Waals surface area contributed by atoms with Crippen molar-refractivity contribution in [3.8, 4) is 5.75 Å². The minimum Gasteiger partial charge on any atom is -0.497 e. The van der Waals surface area contributed by atoms with E-state index in [-0.39, 0.29) is 6.04 Å². The van der Waals surface area contributed by atoms with Crippen LogP contribution in [0.2, 0.25) is 0 Å². The molecule has 1 rings (SSSR count). The third-order valence-corrected chi connectivity index (χ3v) is 3.49. The fraction of sp³-hybridized carbons (Fsp3) is 0.545. The smallest absolute Gasteiger partial charge is 0.122 e. The lowest BCUT2D eigenvalue weighted by atomic mass is 10.3. The van der Waals surface area contributed by atoms with Gasteiger partial charge in [-0.15, -0.1) is 0 Å². The SMILES string of the molecule is COc1cc(C)nc(CS(=O)CC(C)N)c1. The average molecular weight is 242 g/mol. The first kappa shape index (κ1) is 13.1. The summed E-state index contributed by atoms with van der Waals surface area (Å²) in [6.07, 6.45) is 0. The van der Waals surface area contributed by atoms with E-state index in [0.29, 0.717) is 11.5 Å². The molecule has 1 heterocycles. The molecule has 0 aliphatic carbocycles. The molecule has 0 amide bonds. The summed E-state index contributed by atoms with van der Waals surface area (Å²) in [5.74, 6) is 1.68. The zero-order valence-electron chi connectivity index (χ0n) is 9.90. The number of hydrogen-bond acceptors (Lipinski definition) is 4. The Balaban J connectivity index is 2.73. The summed E-state index contributed by atoms with van der Waals surface area (Å²) in [4.78, 5) is 4.32. The summed E-state index contributed by atoms with van der Waals surface area (Å²) < 4.78 is 16.8. The van der Waals surface area contributed by atoms with Gasteiger partial charge >= 0.3 is 0 Å². The highest BCUT2D eigenvalue weighted by Crippen LogP contribution is 2.14. The number of ether oxygens (including phenoxy) is 1. The van der Waals surface area contributed by atoms with E-state index in [1.165, 1.54) is 0 Å². The van der Waals surface area contributed by atoms with Crippen molar-refractivity contribution in [2.24, 2.45) is 5.73 Å². The molecule has 0 aromatic carbocycles. The molecule has 0 bridgehead atoms. The van der Waals surface area contributed by atoms with E-state index in [1.54, 1.807) is 7.11 Å². The monoisotopic (exact) mass is 242 g/mol. The van der Waals surface area contributed by atoms with Gasteiger partial charge < -0.3 is 10.5 Å². The van der Waals surface area contributed by atoms with E-state index in [4.69, 9.17) is 10.5 Å². The number of aryl methyl sites for hydroxylation is 1. The van der Waals surface area contributed by atoms with Crippen LogP contribution >= 0.6 is 0 Å². The Bertz CT molecular complexity index is 380. The zero-order chi connectivity index (χ0) is 12.1. The largest absolute Gasteiger partial charge is 0.497 e. The zero-order valence-corrected chi connectivity index (χ0v) is 10.7. The molecule has 5 heteroatoms. The van der Waals surface area contributed by atoms with Crippen LogP contribution in [0, 0.1) is 6.92 Å². The second-order valence-electron chi connectivity index (χ2n) is 3.87. The van der Waals surface area contributed by atoms with Crippen LogP contribution in [0.15, 0.2) is 12.1 Å². The second kappa shape index (κ2) is 5.96. The van der Waals surface area contributed by atoms with Crippen molar-refractivity contribution in [3.05, 3.63) is 23.5 Å². The van der Waals surface area contributed by atoms with Crippen LogP contribution in [0.1, 0.15) is 18.3 Å². The summed E-state index contributed by atoms with van der Waals surface area (Å²) in [6.45, 7) is 3.74. The molecular formula is C11H18N2O2S. The predicted molar refractivity (Wildman–Crippen MR) is 65.9 cm³/mol. The number of nitrogens with zero attached hydrogens (tertiary/aromatic N) is 1. The van der Waals surface area contributed by atoms with Crippen LogP contribution < -0.4 is 10.5 Å². The summed E-state index contributed by atoms with van der Waals surface area (Å²) in [6, 6.07) is 3.61. The van der Waals surface area contributed by atoms with E-state index in [9.17, 15) is 4.21 Å². The first-order valence-corrected chi connectivity index (χ1v) is 6.62. The Morgan fingerprint density at radius 1 is 1.56 bits per heavy atom. The second-order valence-corrected chi connectivity index (χ2v) is 5.37. The van der Waals surface area contributed by atoms with Gasteiger partial charge in [0.2, 0.25) is 0 Å². The molecule has 2 unspecified atom stereocenters. The molecule has 2 atom stereocenters. The molecule has 4 nitrogen and oxygen atoms in total. The molecule has 16 heavy (non-hydrogen) atoms. The van der Waals surface area contributed by atoms with Gasteiger partial charge in [0.25, 0.3) is 0 Å². The number of hydrogen-bond donors (Lipinski definition) is 1. The van der Waals surface area contributed by atoms with Crippen molar-refractivity contribution in [3.63, 3.8) is 0 Å². The van der Waals surface area contributed by atoms with Crippen LogP contribution in [0.3, 0.4) is 0 Å². The van der Waals surface area contributed by atoms with E-state index in [2.05, 4.69) is 4.98 Å². The molecule has 0 aliphatic rings. The van der Waals surface area contributed by atoms with Gasteiger partial charge in [-0.05, 0) is 13.8 Å². The predicted octanol–water partition coefficient (Wildman–Crippen LogP) is 0.995. The molecule has 1 aromatic heterocycles. The van der Waals surface area contributed by atoms with Crippen molar-refractivity contribution < 1.29 is 8.95 Å². The molecule has 0 saturated carbocycles. The lowest BCUT2D eigenvalue weighted by molar-refractivity contribution is 0.413. The van der Waals surface area contributed by atoms with Crippen LogP contribution in [-0.4, -0.2) is 28.1 Å². The molecule has 2 N–H and O–H groups in total.